The van der Waals surface area contributed by atoms with Gasteiger partial charge in [0.05, 0.1) is 23.4 Å². The van der Waals surface area contributed by atoms with Crippen LogP contribution in [0.1, 0.15) is 26.2 Å². The van der Waals surface area contributed by atoms with E-state index in [0.29, 0.717) is 17.5 Å². The predicted octanol–water partition coefficient (Wildman–Crippen LogP) is 4.36. The Hall–Kier alpha value is -3.40. The first-order valence-electron chi connectivity index (χ1n) is 10.2. The number of amidine groups is 1. The third kappa shape index (κ3) is 5.64. The number of carbonyl (C=O) groups is 2. The Morgan fingerprint density at radius 3 is 2.69 bits per heavy atom. The van der Waals surface area contributed by atoms with Crippen molar-refractivity contribution in [2.75, 3.05) is 19.0 Å². The second-order valence-electron chi connectivity index (χ2n) is 7.07. The minimum atomic E-state index is -0.626. The molecule has 168 valence electrons. The van der Waals surface area contributed by atoms with E-state index in [9.17, 15) is 19.7 Å². The van der Waals surface area contributed by atoms with E-state index in [1.807, 2.05) is 37.3 Å². The summed E-state index contributed by atoms with van der Waals surface area (Å²) in [6.45, 7) is 2.57. The van der Waals surface area contributed by atoms with E-state index in [0.717, 1.165) is 18.5 Å². The number of para-hydroxylation sites is 1. The SMILES string of the molecule is CCCCN1C(=O)C(CC(=O)Nc2cc([N+](=O)[O-])ccc2OC)SC1=Nc1ccccc1. The van der Waals surface area contributed by atoms with Gasteiger partial charge in [0.25, 0.3) is 5.69 Å². The minimum Gasteiger partial charge on any atom is -0.495 e. The van der Waals surface area contributed by atoms with Crippen molar-refractivity contribution in [1.29, 1.82) is 0 Å². The maximum atomic E-state index is 13.0. The maximum absolute atomic E-state index is 13.0. The van der Waals surface area contributed by atoms with Crippen LogP contribution in [0, 0.1) is 10.1 Å². The van der Waals surface area contributed by atoms with Crippen LogP contribution in [0.2, 0.25) is 0 Å². The van der Waals surface area contributed by atoms with E-state index in [1.165, 1.54) is 37.1 Å². The Bertz CT molecular complexity index is 1030. The molecule has 1 saturated heterocycles. The largest absolute Gasteiger partial charge is 0.495 e. The third-order valence-corrected chi connectivity index (χ3v) is 5.95. The number of unbranched alkanes of at least 4 members (excludes halogenated alkanes) is 1. The summed E-state index contributed by atoms with van der Waals surface area (Å²) in [5.74, 6) is -0.310. The number of ether oxygens (including phenoxy) is 1. The van der Waals surface area contributed by atoms with Crippen LogP contribution in [-0.4, -0.2) is 45.7 Å². The zero-order chi connectivity index (χ0) is 23.1. The molecule has 0 bridgehead atoms. The lowest BCUT2D eigenvalue weighted by molar-refractivity contribution is -0.384. The molecule has 1 fully saturated rings. The number of nitro groups is 1. The molecule has 10 heteroatoms. The predicted molar refractivity (Wildman–Crippen MR) is 124 cm³/mol. The number of amides is 2. The zero-order valence-electron chi connectivity index (χ0n) is 17.8. The van der Waals surface area contributed by atoms with E-state index in [-0.39, 0.29) is 23.7 Å². The Morgan fingerprint density at radius 2 is 2.03 bits per heavy atom. The van der Waals surface area contributed by atoms with Gasteiger partial charge in [0.2, 0.25) is 11.8 Å². The highest BCUT2D eigenvalue weighted by Crippen LogP contribution is 2.33. The van der Waals surface area contributed by atoms with Crippen molar-refractivity contribution in [3.05, 3.63) is 58.6 Å². The van der Waals surface area contributed by atoms with E-state index in [4.69, 9.17) is 4.74 Å². The average Bonchev–Trinajstić information content (AvgIpc) is 3.06. The number of thioether (sulfide) groups is 1. The van der Waals surface area contributed by atoms with E-state index >= 15 is 0 Å². The Labute approximate surface area is 190 Å². The van der Waals surface area contributed by atoms with Gasteiger partial charge in [0, 0.05) is 25.1 Å². The summed E-state index contributed by atoms with van der Waals surface area (Å²) in [6.07, 6.45) is 1.65. The number of rotatable bonds is 9. The van der Waals surface area contributed by atoms with E-state index < -0.39 is 16.1 Å². The first-order valence-corrected chi connectivity index (χ1v) is 11.0. The van der Waals surface area contributed by atoms with Crippen LogP contribution in [0.25, 0.3) is 0 Å². The molecule has 3 rings (SSSR count). The summed E-state index contributed by atoms with van der Waals surface area (Å²) in [6, 6.07) is 13.3. The van der Waals surface area contributed by atoms with Crippen molar-refractivity contribution in [1.82, 2.24) is 4.90 Å². The van der Waals surface area contributed by atoms with E-state index in [2.05, 4.69) is 10.3 Å². The number of benzene rings is 2. The Kier molecular flexibility index (Phi) is 7.82. The van der Waals surface area contributed by atoms with Crippen molar-refractivity contribution in [3.63, 3.8) is 0 Å². The molecular formula is C22H24N4O5S. The van der Waals surface area contributed by atoms with Crippen LogP contribution in [0.4, 0.5) is 17.1 Å². The van der Waals surface area contributed by atoms with Gasteiger partial charge in [-0.05, 0) is 24.6 Å². The number of aliphatic imine (C=N–C) groups is 1. The number of nitrogens with one attached hydrogen (secondary N) is 1. The number of hydrogen-bond acceptors (Lipinski definition) is 7. The van der Waals surface area contributed by atoms with Crippen LogP contribution in [0.5, 0.6) is 5.75 Å². The monoisotopic (exact) mass is 456 g/mol. The molecule has 1 aliphatic heterocycles. The molecule has 0 aliphatic carbocycles. The van der Waals surface area contributed by atoms with Crippen LogP contribution < -0.4 is 10.1 Å². The maximum Gasteiger partial charge on any atom is 0.271 e. The molecule has 1 aliphatic rings. The number of anilines is 1. The molecule has 0 radical (unpaired) electrons. The summed E-state index contributed by atoms with van der Waals surface area (Å²) >= 11 is 1.26. The quantitative estimate of drug-likeness (QED) is 0.443. The van der Waals surface area contributed by atoms with Gasteiger partial charge >= 0.3 is 0 Å². The van der Waals surface area contributed by atoms with Gasteiger partial charge in [-0.1, -0.05) is 43.3 Å². The number of non-ortho nitro benzene ring substituents is 1. The van der Waals surface area contributed by atoms with Gasteiger partial charge in [-0.25, -0.2) is 4.99 Å². The van der Waals surface area contributed by atoms with Crippen LogP contribution in [-0.2, 0) is 9.59 Å². The molecule has 2 amide bonds. The van der Waals surface area contributed by atoms with Crippen LogP contribution in [0.3, 0.4) is 0 Å². The molecule has 1 unspecified atom stereocenters. The second-order valence-corrected chi connectivity index (χ2v) is 8.24. The fraction of sp³-hybridized carbons (Fsp3) is 0.318. The molecule has 9 nitrogen and oxygen atoms in total. The highest BCUT2D eigenvalue weighted by atomic mass is 32.2. The zero-order valence-corrected chi connectivity index (χ0v) is 18.6. The normalized spacial score (nSPS) is 16.9. The molecule has 0 saturated carbocycles. The summed E-state index contributed by atoms with van der Waals surface area (Å²) in [5.41, 5.74) is 0.745. The van der Waals surface area contributed by atoms with Crippen molar-refractivity contribution >= 4 is 45.8 Å². The molecule has 1 N–H and O–H groups in total. The lowest BCUT2D eigenvalue weighted by Gasteiger charge is -2.16. The van der Waals surface area contributed by atoms with Gasteiger partial charge in [0.15, 0.2) is 5.17 Å². The number of carbonyl (C=O) groups excluding carboxylic acids is 2. The fourth-order valence-electron chi connectivity index (χ4n) is 3.14. The first-order chi connectivity index (χ1) is 15.4. The molecule has 1 atom stereocenters. The van der Waals surface area contributed by atoms with Gasteiger partial charge in [-0.2, -0.15) is 0 Å². The fourth-order valence-corrected chi connectivity index (χ4v) is 4.32. The topological polar surface area (TPSA) is 114 Å². The summed E-state index contributed by atoms with van der Waals surface area (Å²) < 4.78 is 5.18. The van der Waals surface area contributed by atoms with Crippen LogP contribution in [0.15, 0.2) is 53.5 Å². The minimum absolute atomic E-state index is 0.0915. The van der Waals surface area contributed by atoms with Crippen molar-refractivity contribution in [2.45, 2.75) is 31.4 Å². The third-order valence-electron chi connectivity index (χ3n) is 4.78. The molecule has 2 aromatic rings. The summed E-state index contributed by atoms with van der Waals surface area (Å²) in [4.78, 5) is 42.4. The lowest BCUT2D eigenvalue weighted by atomic mass is 10.2. The summed E-state index contributed by atoms with van der Waals surface area (Å²) in [5, 5.41) is 13.6. The van der Waals surface area contributed by atoms with Gasteiger partial charge in [-0.15, -0.1) is 0 Å². The van der Waals surface area contributed by atoms with Crippen molar-refractivity contribution < 1.29 is 19.2 Å². The number of methoxy groups -OCH3 is 1. The highest BCUT2D eigenvalue weighted by molar-refractivity contribution is 8.15. The van der Waals surface area contributed by atoms with Gasteiger partial charge in [-0.3, -0.25) is 24.6 Å². The van der Waals surface area contributed by atoms with Crippen LogP contribution >= 0.6 is 11.8 Å². The smallest absolute Gasteiger partial charge is 0.271 e. The molecule has 32 heavy (non-hydrogen) atoms. The second kappa shape index (κ2) is 10.8. The molecule has 1 heterocycles. The number of hydrogen-bond donors (Lipinski definition) is 1. The summed E-state index contributed by atoms with van der Waals surface area (Å²) in [7, 11) is 1.41. The average molecular weight is 457 g/mol. The standard InChI is InChI=1S/C22H24N4O5S/c1-3-4-12-25-21(28)19(32-22(25)23-15-8-6-5-7-9-15)14-20(27)24-17-13-16(26(29)30)10-11-18(17)31-2/h5-11,13,19H,3-4,12,14H2,1-2H3,(H,24,27). The Balaban J connectivity index is 1.76. The molecule has 0 aromatic heterocycles. The van der Waals surface area contributed by atoms with Gasteiger partial charge in [0.1, 0.15) is 11.0 Å². The highest BCUT2D eigenvalue weighted by Gasteiger charge is 2.39. The molecule has 0 spiro atoms. The molecule has 2 aromatic carbocycles. The first kappa shape index (κ1) is 23.3. The van der Waals surface area contributed by atoms with Crippen molar-refractivity contribution in [3.8, 4) is 5.75 Å². The lowest BCUT2D eigenvalue weighted by Crippen LogP contribution is -2.34. The van der Waals surface area contributed by atoms with Crippen molar-refractivity contribution in [2.24, 2.45) is 4.99 Å². The molecular weight excluding hydrogens is 432 g/mol. The Morgan fingerprint density at radius 1 is 1.28 bits per heavy atom. The van der Waals surface area contributed by atoms with E-state index in [1.54, 1.807) is 4.90 Å². The van der Waals surface area contributed by atoms with Gasteiger partial charge < -0.3 is 10.1 Å². The number of nitrogens with zero attached hydrogens (tertiary/aromatic N) is 3. The number of nitro benzene ring substituents is 1.